The number of phenols is 1. The molecule has 0 spiro atoms. The molecule has 0 radical (unpaired) electrons. The minimum absolute atomic E-state index is 0.0650. The lowest BCUT2D eigenvalue weighted by Gasteiger charge is -2.35. The molecule has 2 aromatic carbocycles. The van der Waals surface area contributed by atoms with Crippen LogP contribution >= 0.6 is 34.2 Å². The number of carbonyl (C=O) groups is 2. The van der Waals surface area contributed by atoms with Crippen molar-refractivity contribution in [2.24, 2.45) is 0 Å². The van der Waals surface area contributed by atoms with Gasteiger partial charge in [0.05, 0.1) is 5.56 Å². The van der Waals surface area contributed by atoms with Crippen LogP contribution in [0.5, 0.6) is 5.75 Å². The Balaban J connectivity index is 1.66. The normalized spacial score (nSPS) is 14.5. The summed E-state index contributed by atoms with van der Waals surface area (Å²) in [7, 11) is 0. The van der Waals surface area contributed by atoms with Crippen LogP contribution in [0.4, 0.5) is 0 Å². The van der Waals surface area contributed by atoms with Crippen LogP contribution in [-0.2, 0) is 0 Å². The van der Waals surface area contributed by atoms with E-state index in [1.165, 1.54) is 12.1 Å². The zero-order valence-corrected chi connectivity index (χ0v) is 16.2. The van der Waals surface area contributed by atoms with Gasteiger partial charge >= 0.3 is 0 Å². The third-order valence-corrected chi connectivity index (χ3v) is 5.28. The smallest absolute Gasteiger partial charge is 0.255 e. The molecule has 130 valence electrons. The molecule has 0 aromatic heterocycles. The summed E-state index contributed by atoms with van der Waals surface area (Å²) in [6.45, 7) is 1.84. The average Bonchev–Trinajstić information content (AvgIpc) is 2.62. The molecule has 0 atom stereocenters. The first-order valence-electron chi connectivity index (χ1n) is 7.78. The van der Waals surface area contributed by atoms with Crippen molar-refractivity contribution in [3.63, 3.8) is 0 Å². The Morgan fingerprint density at radius 1 is 0.960 bits per heavy atom. The molecule has 0 unspecified atom stereocenters. The molecule has 1 aliphatic heterocycles. The SMILES string of the molecule is O=C(c1cccc(O)c1)N1CCN(C(=O)c2cc(Cl)ccc2I)CC1. The van der Waals surface area contributed by atoms with Gasteiger partial charge in [0.2, 0.25) is 0 Å². The molecule has 1 N–H and O–H groups in total. The lowest BCUT2D eigenvalue weighted by atomic mass is 10.1. The van der Waals surface area contributed by atoms with Gasteiger partial charge in [0.25, 0.3) is 11.8 Å². The summed E-state index contributed by atoms with van der Waals surface area (Å²) >= 11 is 8.12. The standard InChI is InChI=1S/C18H16ClIN2O3/c19-13-4-5-16(20)15(11-13)18(25)22-8-6-21(7-9-22)17(24)12-2-1-3-14(23)10-12/h1-5,10-11,23H,6-9H2. The molecule has 2 amide bonds. The Morgan fingerprint density at radius 2 is 1.60 bits per heavy atom. The number of carbonyl (C=O) groups excluding carboxylic acids is 2. The van der Waals surface area contributed by atoms with Gasteiger partial charge in [-0.1, -0.05) is 17.7 Å². The second kappa shape index (κ2) is 7.61. The highest BCUT2D eigenvalue weighted by atomic mass is 127. The van der Waals surface area contributed by atoms with E-state index in [0.717, 1.165) is 3.57 Å². The number of hydrogen-bond donors (Lipinski definition) is 1. The van der Waals surface area contributed by atoms with E-state index in [0.29, 0.717) is 42.3 Å². The van der Waals surface area contributed by atoms with Crippen LogP contribution in [0, 0.1) is 3.57 Å². The summed E-state index contributed by atoms with van der Waals surface area (Å²) in [6.07, 6.45) is 0. The van der Waals surface area contributed by atoms with Crippen molar-refractivity contribution in [2.45, 2.75) is 0 Å². The summed E-state index contributed by atoms with van der Waals surface area (Å²) in [6, 6.07) is 11.5. The first-order chi connectivity index (χ1) is 12.0. The summed E-state index contributed by atoms with van der Waals surface area (Å²) in [5.41, 5.74) is 1.03. The second-order valence-corrected chi connectivity index (χ2v) is 7.36. The lowest BCUT2D eigenvalue weighted by molar-refractivity contribution is 0.0535. The van der Waals surface area contributed by atoms with E-state index < -0.39 is 0 Å². The maximum atomic E-state index is 12.7. The second-order valence-electron chi connectivity index (χ2n) is 5.76. The number of rotatable bonds is 2. The minimum atomic E-state index is -0.139. The van der Waals surface area contributed by atoms with Gasteiger partial charge in [-0.05, 0) is 59.0 Å². The first-order valence-corrected chi connectivity index (χ1v) is 9.24. The van der Waals surface area contributed by atoms with Gasteiger partial charge in [-0.2, -0.15) is 0 Å². The maximum absolute atomic E-state index is 12.7. The highest BCUT2D eigenvalue weighted by Crippen LogP contribution is 2.21. The maximum Gasteiger partial charge on any atom is 0.255 e. The minimum Gasteiger partial charge on any atom is -0.508 e. The van der Waals surface area contributed by atoms with Gasteiger partial charge in [0.15, 0.2) is 0 Å². The third kappa shape index (κ3) is 4.07. The molecule has 1 saturated heterocycles. The molecule has 5 nitrogen and oxygen atoms in total. The molecule has 1 heterocycles. The first kappa shape index (κ1) is 18.0. The predicted molar refractivity (Wildman–Crippen MR) is 104 cm³/mol. The molecular formula is C18H16ClIN2O3. The van der Waals surface area contributed by atoms with Crippen molar-refractivity contribution >= 4 is 46.0 Å². The van der Waals surface area contributed by atoms with Crippen LogP contribution in [0.15, 0.2) is 42.5 Å². The van der Waals surface area contributed by atoms with E-state index in [1.54, 1.807) is 34.1 Å². The predicted octanol–water partition coefficient (Wildman–Crippen LogP) is 3.25. The topological polar surface area (TPSA) is 60.9 Å². The Labute approximate surface area is 164 Å². The van der Waals surface area contributed by atoms with Gasteiger partial charge in [-0.15, -0.1) is 0 Å². The van der Waals surface area contributed by atoms with E-state index >= 15 is 0 Å². The third-order valence-electron chi connectivity index (χ3n) is 4.11. The van der Waals surface area contributed by atoms with Gasteiger partial charge in [-0.3, -0.25) is 9.59 Å². The number of hydrogen-bond acceptors (Lipinski definition) is 3. The van der Waals surface area contributed by atoms with E-state index in [-0.39, 0.29) is 17.6 Å². The number of piperazine rings is 1. The number of aromatic hydroxyl groups is 1. The molecule has 7 heteroatoms. The fourth-order valence-corrected chi connectivity index (χ4v) is 3.50. The average molecular weight is 471 g/mol. The van der Waals surface area contributed by atoms with Crippen LogP contribution in [0.3, 0.4) is 0 Å². The molecule has 1 aliphatic rings. The highest BCUT2D eigenvalue weighted by molar-refractivity contribution is 14.1. The largest absolute Gasteiger partial charge is 0.508 e. The summed E-state index contributed by atoms with van der Waals surface area (Å²) in [5.74, 6) is -0.146. The zero-order chi connectivity index (χ0) is 18.0. The Kier molecular flexibility index (Phi) is 5.48. The van der Waals surface area contributed by atoms with Gasteiger partial charge in [0, 0.05) is 40.3 Å². The Bertz CT molecular complexity index is 820. The molecule has 0 aliphatic carbocycles. The van der Waals surface area contributed by atoms with Crippen molar-refractivity contribution in [2.75, 3.05) is 26.2 Å². The lowest BCUT2D eigenvalue weighted by Crippen LogP contribution is -2.50. The number of amides is 2. The Morgan fingerprint density at radius 3 is 2.24 bits per heavy atom. The van der Waals surface area contributed by atoms with Gasteiger partial charge in [-0.25, -0.2) is 0 Å². The van der Waals surface area contributed by atoms with Crippen molar-refractivity contribution in [3.8, 4) is 5.75 Å². The van der Waals surface area contributed by atoms with Gasteiger partial charge < -0.3 is 14.9 Å². The van der Waals surface area contributed by atoms with Crippen LogP contribution in [0.1, 0.15) is 20.7 Å². The summed E-state index contributed by atoms with van der Waals surface area (Å²) < 4.78 is 0.852. The molecular weight excluding hydrogens is 455 g/mol. The fourth-order valence-electron chi connectivity index (χ4n) is 2.77. The number of phenolic OH excluding ortho intramolecular Hbond substituents is 1. The molecule has 0 bridgehead atoms. The molecule has 25 heavy (non-hydrogen) atoms. The number of halogens is 2. The number of benzene rings is 2. The van der Waals surface area contributed by atoms with Crippen LogP contribution in [0.2, 0.25) is 5.02 Å². The molecule has 3 rings (SSSR count). The van der Waals surface area contributed by atoms with Crippen molar-refractivity contribution in [1.29, 1.82) is 0 Å². The van der Waals surface area contributed by atoms with E-state index in [2.05, 4.69) is 22.6 Å². The highest BCUT2D eigenvalue weighted by Gasteiger charge is 2.26. The molecule has 0 saturated carbocycles. The van der Waals surface area contributed by atoms with Crippen LogP contribution < -0.4 is 0 Å². The quantitative estimate of drug-likeness (QED) is 0.686. The van der Waals surface area contributed by atoms with E-state index in [1.807, 2.05) is 6.07 Å². The van der Waals surface area contributed by atoms with Crippen LogP contribution in [-0.4, -0.2) is 52.9 Å². The van der Waals surface area contributed by atoms with Crippen LogP contribution in [0.25, 0.3) is 0 Å². The monoisotopic (exact) mass is 470 g/mol. The summed E-state index contributed by atoms with van der Waals surface area (Å²) in [4.78, 5) is 28.6. The van der Waals surface area contributed by atoms with E-state index in [9.17, 15) is 14.7 Å². The van der Waals surface area contributed by atoms with Gasteiger partial charge in [0.1, 0.15) is 5.75 Å². The van der Waals surface area contributed by atoms with Crippen molar-refractivity contribution in [1.82, 2.24) is 9.80 Å². The van der Waals surface area contributed by atoms with Crippen molar-refractivity contribution < 1.29 is 14.7 Å². The number of nitrogens with zero attached hydrogens (tertiary/aromatic N) is 2. The summed E-state index contributed by atoms with van der Waals surface area (Å²) in [5, 5.41) is 10.0. The molecule has 1 fully saturated rings. The Hall–Kier alpha value is -1.80. The molecule has 2 aromatic rings. The fraction of sp³-hybridized carbons (Fsp3) is 0.222. The van der Waals surface area contributed by atoms with Crippen molar-refractivity contribution in [3.05, 3.63) is 62.2 Å². The zero-order valence-electron chi connectivity index (χ0n) is 13.3. The van der Waals surface area contributed by atoms with E-state index in [4.69, 9.17) is 11.6 Å².